The van der Waals surface area contributed by atoms with E-state index in [0.29, 0.717) is 0 Å². The number of aryl methyl sites for hydroxylation is 1. The zero-order valence-corrected chi connectivity index (χ0v) is 5.76. The molecule has 1 aliphatic carbocycles. The summed E-state index contributed by atoms with van der Waals surface area (Å²) in [6, 6.07) is 6.10. The number of nitrogens with zero attached hydrogens (tertiary/aromatic N) is 1. The average molecular weight is 132 g/mol. The van der Waals surface area contributed by atoms with Crippen molar-refractivity contribution in [2.24, 2.45) is 0 Å². The van der Waals surface area contributed by atoms with Crippen molar-refractivity contribution in [2.45, 2.75) is 6.92 Å². The highest BCUT2D eigenvalue weighted by Crippen LogP contribution is 2.17. The van der Waals surface area contributed by atoms with Crippen molar-refractivity contribution in [3.05, 3.63) is 30.2 Å². The molecule has 2 aliphatic rings. The average Bonchev–Trinajstić information content (AvgIpc) is 2.33. The first kappa shape index (κ1) is 5.47. The Morgan fingerprint density at radius 2 is 2.30 bits per heavy atom. The summed E-state index contributed by atoms with van der Waals surface area (Å²) in [4.78, 5) is 7.28. The van der Waals surface area contributed by atoms with Gasteiger partial charge in [-0.2, -0.15) is 0 Å². The topological polar surface area (TPSA) is 28.7 Å². The van der Waals surface area contributed by atoms with Crippen LogP contribution in [0.2, 0.25) is 0 Å². The molecule has 0 spiro atoms. The number of rotatable bonds is 0. The molecular weight excluding hydrogens is 124 g/mol. The van der Waals surface area contributed by atoms with Crippen LogP contribution in [-0.4, -0.2) is 9.97 Å². The minimum atomic E-state index is 0.957. The lowest BCUT2D eigenvalue weighted by atomic mass is 10.3. The quantitative estimate of drug-likeness (QED) is 0.582. The lowest BCUT2D eigenvalue weighted by molar-refractivity contribution is 1.06. The van der Waals surface area contributed by atoms with Crippen LogP contribution in [0.25, 0.3) is 11.3 Å². The SMILES string of the molecule is Cc1ncc2cccc-2[nH]1. The molecule has 0 aromatic carbocycles. The number of aromatic amines is 1. The molecular formula is C8H8N2. The van der Waals surface area contributed by atoms with Gasteiger partial charge in [-0.05, 0) is 13.0 Å². The summed E-state index contributed by atoms with van der Waals surface area (Å²) in [5.74, 6) is 0.957. The van der Waals surface area contributed by atoms with Gasteiger partial charge in [-0.3, -0.25) is 0 Å². The number of aromatic nitrogens is 2. The summed E-state index contributed by atoms with van der Waals surface area (Å²) >= 11 is 0. The molecule has 0 saturated heterocycles. The van der Waals surface area contributed by atoms with E-state index in [4.69, 9.17) is 0 Å². The molecule has 2 heteroatoms. The van der Waals surface area contributed by atoms with Crippen molar-refractivity contribution < 1.29 is 0 Å². The zero-order valence-electron chi connectivity index (χ0n) is 5.76. The largest absolute Gasteiger partial charge is 0.343 e. The number of nitrogens with one attached hydrogen (secondary N) is 1. The monoisotopic (exact) mass is 132 g/mol. The molecule has 0 radical (unpaired) electrons. The molecule has 2 rings (SSSR count). The second-order valence-corrected chi connectivity index (χ2v) is 2.36. The second kappa shape index (κ2) is 1.84. The van der Waals surface area contributed by atoms with Crippen LogP contribution in [0.3, 0.4) is 0 Å². The van der Waals surface area contributed by atoms with Gasteiger partial charge in [-0.15, -0.1) is 0 Å². The zero-order chi connectivity index (χ0) is 6.97. The number of fused-ring (bicyclic) bond motifs is 1. The number of hydrogen-bond donors (Lipinski definition) is 1. The van der Waals surface area contributed by atoms with Crippen molar-refractivity contribution in [1.29, 1.82) is 0 Å². The van der Waals surface area contributed by atoms with E-state index in [-0.39, 0.29) is 0 Å². The standard InChI is InChI=1S/C8H8N2/c1-6-9-5-7-3-2-4-8(7)10-6/h2-5H,1H3,(H,9,10). The van der Waals surface area contributed by atoms with Gasteiger partial charge in [0.1, 0.15) is 5.82 Å². The first-order valence-corrected chi connectivity index (χ1v) is 3.26. The molecule has 0 unspecified atom stereocenters. The molecule has 2 nitrogen and oxygen atoms in total. The Balaban J connectivity index is 2.75. The fourth-order valence-electron chi connectivity index (χ4n) is 1.05. The summed E-state index contributed by atoms with van der Waals surface area (Å²) in [5, 5.41) is 0. The minimum absolute atomic E-state index is 0.957. The van der Waals surface area contributed by atoms with Gasteiger partial charge >= 0.3 is 0 Å². The molecule has 0 saturated carbocycles. The van der Waals surface area contributed by atoms with Crippen LogP contribution in [-0.2, 0) is 0 Å². The van der Waals surface area contributed by atoms with Gasteiger partial charge < -0.3 is 4.98 Å². The first-order chi connectivity index (χ1) is 4.86. The van der Waals surface area contributed by atoms with Gasteiger partial charge in [0, 0.05) is 17.5 Å². The lowest BCUT2D eigenvalue weighted by Crippen LogP contribution is -1.88. The molecule has 50 valence electrons. The van der Waals surface area contributed by atoms with Crippen molar-refractivity contribution in [1.82, 2.24) is 9.97 Å². The van der Waals surface area contributed by atoms with Crippen LogP contribution in [0.5, 0.6) is 0 Å². The highest BCUT2D eigenvalue weighted by atomic mass is 14.9. The lowest BCUT2D eigenvalue weighted by Gasteiger charge is -1.98. The van der Waals surface area contributed by atoms with Crippen molar-refractivity contribution in [2.75, 3.05) is 0 Å². The van der Waals surface area contributed by atoms with Gasteiger partial charge in [-0.1, -0.05) is 12.1 Å². The highest BCUT2D eigenvalue weighted by Gasteiger charge is 1.99. The fourth-order valence-corrected chi connectivity index (χ4v) is 1.05. The Morgan fingerprint density at radius 3 is 3.20 bits per heavy atom. The summed E-state index contributed by atoms with van der Waals surface area (Å²) in [6.07, 6.45) is 1.88. The molecule has 1 aliphatic heterocycles. The Bertz CT molecular complexity index is 311. The predicted octanol–water partition coefficient (Wildman–Crippen LogP) is 1.82. The van der Waals surface area contributed by atoms with E-state index in [1.807, 2.05) is 31.3 Å². The maximum Gasteiger partial charge on any atom is 0.103 e. The molecule has 1 heterocycles. The van der Waals surface area contributed by atoms with Crippen molar-refractivity contribution >= 4 is 0 Å². The smallest absolute Gasteiger partial charge is 0.103 e. The molecule has 0 atom stereocenters. The summed E-state index contributed by atoms with van der Waals surface area (Å²) < 4.78 is 0. The van der Waals surface area contributed by atoms with E-state index < -0.39 is 0 Å². The Morgan fingerprint density at radius 1 is 1.40 bits per heavy atom. The van der Waals surface area contributed by atoms with E-state index in [2.05, 4.69) is 9.97 Å². The van der Waals surface area contributed by atoms with E-state index in [0.717, 1.165) is 11.5 Å². The molecule has 10 heavy (non-hydrogen) atoms. The molecule has 0 fully saturated rings. The minimum Gasteiger partial charge on any atom is -0.343 e. The highest BCUT2D eigenvalue weighted by molar-refractivity contribution is 5.60. The molecule has 0 aromatic heterocycles. The first-order valence-electron chi connectivity index (χ1n) is 3.26. The van der Waals surface area contributed by atoms with Crippen LogP contribution in [0.15, 0.2) is 24.4 Å². The molecule has 0 aromatic rings. The molecule has 0 bridgehead atoms. The van der Waals surface area contributed by atoms with E-state index in [1.165, 1.54) is 5.56 Å². The fraction of sp³-hybridized carbons (Fsp3) is 0.125. The summed E-state index contributed by atoms with van der Waals surface area (Å²) in [5.41, 5.74) is 2.33. The molecule has 1 N–H and O–H groups in total. The summed E-state index contributed by atoms with van der Waals surface area (Å²) in [6.45, 7) is 1.95. The Kier molecular flexibility index (Phi) is 1.01. The summed E-state index contributed by atoms with van der Waals surface area (Å²) in [7, 11) is 0. The van der Waals surface area contributed by atoms with Crippen molar-refractivity contribution in [3.8, 4) is 11.3 Å². The maximum absolute atomic E-state index is 4.12. The van der Waals surface area contributed by atoms with Crippen LogP contribution in [0.4, 0.5) is 0 Å². The molecule has 0 amide bonds. The van der Waals surface area contributed by atoms with E-state index >= 15 is 0 Å². The van der Waals surface area contributed by atoms with Crippen LogP contribution in [0, 0.1) is 6.92 Å². The predicted molar refractivity (Wildman–Crippen MR) is 39.9 cm³/mol. The third-order valence-electron chi connectivity index (χ3n) is 1.56. The van der Waals surface area contributed by atoms with Gasteiger partial charge in [0.15, 0.2) is 0 Å². The van der Waals surface area contributed by atoms with Gasteiger partial charge in [0.2, 0.25) is 0 Å². The van der Waals surface area contributed by atoms with Crippen LogP contribution < -0.4 is 0 Å². The van der Waals surface area contributed by atoms with Gasteiger partial charge in [0.05, 0.1) is 0 Å². The third-order valence-corrected chi connectivity index (χ3v) is 1.56. The van der Waals surface area contributed by atoms with Crippen molar-refractivity contribution in [3.63, 3.8) is 0 Å². The van der Waals surface area contributed by atoms with Gasteiger partial charge in [-0.25, -0.2) is 4.98 Å². The van der Waals surface area contributed by atoms with Crippen LogP contribution in [0.1, 0.15) is 5.82 Å². The number of H-pyrrole nitrogens is 1. The normalized spacial score (nSPS) is 10.5. The van der Waals surface area contributed by atoms with E-state index in [9.17, 15) is 0 Å². The van der Waals surface area contributed by atoms with Crippen LogP contribution >= 0.6 is 0 Å². The second-order valence-electron chi connectivity index (χ2n) is 2.36. The number of hydrogen-bond acceptors (Lipinski definition) is 1. The van der Waals surface area contributed by atoms with E-state index in [1.54, 1.807) is 0 Å². The Labute approximate surface area is 59.3 Å². The third kappa shape index (κ3) is 0.692. The van der Waals surface area contributed by atoms with Gasteiger partial charge in [0.25, 0.3) is 0 Å². The Hall–Kier alpha value is -1.31. The maximum atomic E-state index is 4.12.